The molecule has 0 saturated carbocycles. The monoisotopic (exact) mass is 341 g/mol. The minimum Gasteiger partial charge on any atom is -0.465 e. The predicted molar refractivity (Wildman–Crippen MR) is 94.7 cm³/mol. The lowest BCUT2D eigenvalue weighted by Gasteiger charge is -2.16. The average Bonchev–Trinajstić information content (AvgIpc) is 2.60. The second kappa shape index (κ2) is 8.05. The van der Waals surface area contributed by atoms with Gasteiger partial charge in [0.2, 0.25) is 0 Å². The molecule has 7 heteroatoms. The molecule has 2 rings (SSSR count). The lowest BCUT2D eigenvalue weighted by molar-refractivity contribution is -0.386. The Morgan fingerprint density at radius 1 is 1.28 bits per heavy atom. The summed E-state index contributed by atoms with van der Waals surface area (Å²) < 4.78 is 4.74. The van der Waals surface area contributed by atoms with E-state index in [0.717, 1.165) is 5.56 Å². The summed E-state index contributed by atoms with van der Waals surface area (Å²) in [5, 5.41) is 17.3. The van der Waals surface area contributed by atoms with Crippen LogP contribution in [-0.4, -0.2) is 36.3 Å². The van der Waals surface area contributed by atoms with Gasteiger partial charge >= 0.3 is 5.97 Å². The number of ether oxygens (including phenoxy) is 1. The first kappa shape index (κ1) is 18.1. The average molecular weight is 341 g/mol. The fourth-order valence-electron chi connectivity index (χ4n) is 2.44. The normalized spacial score (nSPS) is 10.7. The number of nitrogens with zero attached hydrogens (tertiary/aromatic N) is 3. The number of nitro benzene ring substituents is 1. The summed E-state index contributed by atoms with van der Waals surface area (Å²) in [4.78, 5) is 23.0. The van der Waals surface area contributed by atoms with Gasteiger partial charge in [-0.3, -0.25) is 15.1 Å². The van der Waals surface area contributed by atoms with Crippen LogP contribution in [0.2, 0.25) is 0 Å². The highest BCUT2D eigenvalue weighted by Gasteiger charge is 2.25. The Balaban J connectivity index is 2.36. The number of hydrogen-bond donors (Lipinski definition) is 0. The minimum absolute atomic E-state index is 0.0929. The molecule has 0 amide bonds. The molecule has 0 unspecified atom stereocenters. The van der Waals surface area contributed by atoms with Gasteiger partial charge in [-0.05, 0) is 18.6 Å². The third kappa shape index (κ3) is 4.41. The van der Waals surface area contributed by atoms with Crippen molar-refractivity contribution in [1.29, 1.82) is 0 Å². The molecule has 2 aromatic carbocycles. The topological polar surface area (TPSA) is 85.0 Å². The fraction of sp³-hybridized carbons (Fsp3) is 0.222. The second-order valence-corrected chi connectivity index (χ2v) is 5.48. The third-order valence-electron chi connectivity index (χ3n) is 3.66. The van der Waals surface area contributed by atoms with Crippen LogP contribution >= 0.6 is 0 Å². The standard InChI is InChI=1S/C18H19N3O4/c1-13-9-10-15(18(22)25-3)16(17(13)21(23)24)12-20(2)19-11-14-7-5-4-6-8-14/h4-11H,12H2,1-3H3/b19-11+. The van der Waals surface area contributed by atoms with E-state index in [0.29, 0.717) is 5.56 Å². The summed E-state index contributed by atoms with van der Waals surface area (Å²) >= 11 is 0. The molecule has 25 heavy (non-hydrogen) atoms. The summed E-state index contributed by atoms with van der Waals surface area (Å²) in [5.41, 5.74) is 1.74. The molecule has 0 aliphatic carbocycles. The molecule has 0 heterocycles. The molecule has 2 aromatic rings. The molecule has 0 radical (unpaired) electrons. The number of esters is 1. The number of aryl methyl sites for hydroxylation is 1. The van der Waals surface area contributed by atoms with Crippen molar-refractivity contribution < 1.29 is 14.5 Å². The van der Waals surface area contributed by atoms with Gasteiger partial charge in [-0.2, -0.15) is 5.10 Å². The van der Waals surface area contributed by atoms with Gasteiger partial charge in [0.1, 0.15) is 0 Å². The minimum atomic E-state index is -0.612. The van der Waals surface area contributed by atoms with E-state index in [1.165, 1.54) is 13.2 Å². The van der Waals surface area contributed by atoms with Crippen LogP contribution in [0.4, 0.5) is 5.69 Å². The van der Waals surface area contributed by atoms with Gasteiger partial charge in [-0.1, -0.05) is 36.4 Å². The highest BCUT2D eigenvalue weighted by Crippen LogP contribution is 2.28. The smallest absolute Gasteiger partial charge is 0.338 e. The first-order chi connectivity index (χ1) is 11.9. The predicted octanol–water partition coefficient (Wildman–Crippen LogP) is 3.16. The van der Waals surface area contributed by atoms with Gasteiger partial charge in [-0.25, -0.2) is 4.79 Å². The SMILES string of the molecule is COC(=O)c1ccc(C)c([N+](=O)[O-])c1CN(C)/N=C/c1ccccc1. The molecule has 0 aliphatic heterocycles. The Morgan fingerprint density at radius 2 is 1.96 bits per heavy atom. The van der Waals surface area contributed by atoms with Crippen LogP contribution in [0.5, 0.6) is 0 Å². The maximum atomic E-state index is 12.0. The van der Waals surface area contributed by atoms with E-state index in [4.69, 9.17) is 4.74 Å². The van der Waals surface area contributed by atoms with Gasteiger partial charge in [-0.15, -0.1) is 0 Å². The molecular formula is C18H19N3O4. The van der Waals surface area contributed by atoms with Crippen molar-refractivity contribution in [3.8, 4) is 0 Å². The van der Waals surface area contributed by atoms with Crippen molar-refractivity contribution in [2.24, 2.45) is 5.10 Å². The van der Waals surface area contributed by atoms with Crippen molar-refractivity contribution in [1.82, 2.24) is 5.01 Å². The molecule has 0 atom stereocenters. The number of carbonyl (C=O) groups is 1. The number of nitro groups is 1. The van der Waals surface area contributed by atoms with E-state index in [2.05, 4.69) is 5.10 Å². The first-order valence-electron chi connectivity index (χ1n) is 7.59. The van der Waals surface area contributed by atoms with E-state index in [1.807, 2.05) is 30.3 Å². The van der Waals surface area contributed by atoms with Crippen molar-refractivity contribution in [3.05, 3.63) is 74.8 Å². The molecule has 0 fully saturated rings. The summed E-state index contributed by atoms with van der Waals surface area (Å²) in [6.07, 6.45) is 1.65. The Morgan fingerprint density at radius 3 is 2.56 bits per heavy atom. The Kier molecular flexibility index (Phi) is 5.84. The second-order valence-electron chi connectivity index (χ2n) is 5.48. The van der Waals surface area contributed by atoms with E-state index < -0.39 is 10.9 Å². The maximum absolute atomic E-state index is 12.0. The highest BCUT2D eigenvalue weighted by atomic mass is 16.6. The molecule has 7 nitrogen and oxygen atoms in total. The largest absolute Gasteiger partial charge is 0.465 e. The van der Waals surface area contributed by atoms with Crippen LogP contribution in [0.3, 0.4) is 0 Å². The van der Waals surface area contributed by atoms with Gasteiger partial charge in [0.15, 0.2) is 0 Å². The number of rotatable bonds is 6. The molecule has 0 bridgehead atoms. The summed E-state index contributed by atoms with van der Waals surface area (Å²) in [5.74, 6) is -0.612. The fourth-order valence-corrected chi connectivity index (χ4v) is 2.44. The van der Waals surface area contributed by atoms with Crippen LogP contribution in [-0.2, 0) is 11.3 Å². The number of hydrogen-bond acceptors (Lipinski definition) is 6. The first-order valence-corrected chi connectivity index (χ1v) is 7.59. The zero-order valence-corrected chi connectivity index (χ0v) is 14.3. The van der Waals surface area contributed by atoms with E-state index >= 15 is 0 Å². The van der Waals surface area contributed by atoms with Gasteiger partial charge in [0.25, 0.3) is 5.69 Å². The highest BCUT2D eigenvalue weighted by molar-refractivity contribution is 5.92. The summed E-state index contributed by atoms with van der Waals surface area (Å²) in [7, 11) is 2.93. The number of methoxy groups -OCH3 is 1. The van der Waals surface area contributed by atoms with Crippen LogP contribution in [0.25, 0.3) is 0 Å². The van der Waals surface area contributed by atoms with Crippen molar-refractivity contribution in [2.75, 3.05) is 14.2 Å². The maximum Gasteiger partial charge on any atom is 0.338 e. The lowest BCUT2D eigenvalue weighted by Crippen LogP contribution is -2.17. The van der Waals surface area contributed by atoms with E-state index in [9.17, 15) is 14.9 Å². The van der Waals surface area contributed by atoms with Crippen LogP contribution < -0.4 is 0 Å². The van der Waals surface area contributed by atoms with Gasteiger partial charge < -0.3 is 4.74 Å². The Labute approximate surface area is 145 Å². The Bertz CT molecular complexity index is 803. The van der Waals surface area contributed by atoms with Crippen LogP contribution in [0, 0.1) is 17.0 Å². The molecular weight excluding hydrogens is 322 g/mol. The molecule has 130 valence electrons. The molecule has 0 aliphatic rings. The number of benzene rings is 2. The lowest BCUT2D eigenvalue weighted by atomic mass is 10.0. The van der Waals surface area contributed by atoms with Gasteiger partial charge in [0.05, 0.1) is 35.9 Å². The van der Waals surface area contributed by atoms with E-state index in [-0.39, 0.29) is 23.4 Å². The summed E-state index contributed by atoms with van der Waals surface area (Å²) in [6, 6.07) is 12.6. The quantitative estimate of drug-likeness (QED) is 0.349. The number of hydrazone groups is 1. The van der Waals surface area contributed by atoms with Crippen molar-refractivity contribution in [2.45, 2.75) is 13.5 Å². The van der Waals surface area contributed by atoms with E-state index in [1.54, 1.807) is 31.3 Å². The zero-order chi connectivity index (χ0) is 18.4. The van der Waals surface area contributed by atoms with Crippen molar-refractivity contribution in [3.63, 3.8) is 0 Å². The van der Waals surface area contributed by atoms with Gasteiger partial charge in [0, 0.05) is 12.6 Å². The van der Waals surface area contributed by atoms with Crippen LogP contribution in [0.1, 0.15) is 27.0 Å². The summed E-state index contributed by atoms with van der Waals surface area (Å²) in [6.45, 7) is 1.74. The number of carbonyl (C=O) groups excluding carboxylic acids is 1. The molecule has 0 saturated heterocycles. The zero-order valence-electron chi connectivity index (χ0n) is 14.3. The molecule has 0 aromatic heterocycles. The third-order valence-corrected chi connectivity index (χ3v) is 3.66. The van der Waals surface area contributed by atoms with Crippen molar-refractivity contribution >= 4 is 17.9 Å². The molecule has 0 N–H and O–H groups in total. The Hall–Kier alpha value is -3.22. The molecule has 0 spiro atoms. The van der Waals surface area contributed by atoms with Crippen LogP contribution in [0.15, 0.2) is 47.6 Å².